The Kier molecular flexibility index (Phi) is 32.8. The van der Waals surface area contributed by atoms with Gasteiger partial charge >= 0.3 is 19.8 Å². The summed E-state index contributed by atoms with van der Waals surface area (Å²) in [5.41, 5.74) is 5.33. The van der Waals surface area contributed by atoms with E-state index in [-0.39, 0.29) is 13.0 Å². The summed E-state index contributed by atoms with van der Waals surface area (Å²) in [6.45, 7) is 3.82. The molecule has 0 rings (SSSR count). The zero-order valence-electron chi connectivity index (χ0n) is 30.3. The summed E-state index contributed by atoms with van der Waals surface area (Å²) in [5, 5.41) is 8.85. The summed E-state index contributed by atoms with van der Waals surface area (Å²) in [5.74, 6) is -1.79. The maximum absolute atomic E-state index is 12.5. The Morgan fingerprint density at radius 1 is 0.667 bits per heavy atom. The standard InChI is InChI=1S/C37H70NO9P/c1-3-5-7-9-11-13-14-15-16-17-18-19-20-21-23-25-27-29-36(39)47-34(32-45-48(42,43)46-33-35(38)37(40)41)31-44-30-28-26-24-22-12-10-8-6-4-2/h11,13,15-16,34-35H,3-10,12,14,17-33,38H2,1-2H3,(H,40,41)(H,42,43)/b13-11-,16-15-. The van der Waals surface area contributed by atoms with E-state index in [1.54, 1.807) is 0 Å². The average Bonchev–Trinajstić information content (AvgIpc) is 3.06. The fourth-order valence-electron chi connectivity index (χ4n) is 4.99. The van der Waals surface area contributed by atoms with Crippen LogP contribution in [0.3, 0.4) is 0 Å². The molecule has 3 unspecified atom stereocenters. The molecule has 0 aliphatic rings. The normalized spacial score (nSPS) is 14.4. The van der Waals surface area contributed by atoms with Crippen LogP contribution in [-0.2, 0) is 32.7 Å². The number of rotatable bonds is 36. The minimum Gasteiger partial charge on any atom is -0.480 e. The summed E-state index contributed by atoms with van der Waals surface area (Å²) in [6.07, 6.45) is 33.7. The van der Waals surface area contributed by atoms with Gasteiger partial charge in [-0.2, -0.15) is 0 Å². The van der Waals surface area contributed by atoms with Crippen molar-refractivity contribution in [1.29, 1.82) is 0 Å². The molecule has 0 spiro atoms. The number of carboxylic acid groups (broad SMARTS) is 1. The number of carbonyl (C=O) groups is 2. The minimum atomic E-state index is -4.60. The third kappa shape index (κ3) is 33.0. The lowest BCUT2D eigenvalue weighted by Gasteiger charge is -2.20. The smallest absolute Gasteiger partial charge is 0.472 e. The molecule has 0 saturated carbocycles. The number of phosphoric ester groups is 1. The molecule has 0 aromatic rings. The van der Waals surface area contributed by atoms with E-state index in [0.29, 0.717) is 13.0 Å². The molecule has 0 aromatic heterocycles. The number of allylic oxidation sites excluding steroid dienone is 4. The van der Waals surface area contributed by atoms with Crippen LogP contribution in [0.5, 0.6) is 0 Å². The van der Waals surface area contributed by atoms with E-state index in [0.717, 1.165) is 51.4 Å². The van der Waals surface area contributed by atoms with Crippen LogP contribution in [-0.4, -0.2) is 60.5 Å². The maximum atomic E-state index is 12.5. The number of hydrogen-bond donors (Lipinski definition) is 3. The summed E-state index contributed by atoms with van der Waals surface area (Å²) in [6, 6.07) is -1.47. The van der Waals surface area contributed by atoms with Gasteiger partial charge in [-0.15, -0.1) is 0 Å². The topological polar surface area (TPSA) is 155 Å². The van der Waals surface area contributed by atoms with Gasteiger partial charge in [0.05, 0.1) is 19.8 Å². The van der Waals surface area contributed by atoms with Crippen LogP contribution in [0.25, 0.3) is 0 Å². The maximum Gasteiger partial charge on any atom is 0.472 e. The lowest BCUT2D eigenvalue weighted by atomic mass is 10.1. The molecule has 48 heavy (non-hydrogen) atoms. The summed E-state index contributed by atoms with van der Waals surface area (Å²) in [4.78, 5) is 33.3. The van der Waals surface area contributed by atoms with Crippen LogP contribution < -0.4 is 5.73 Å². The highest BCUT2D eigenvalue weighted by molar-refractivity contribution is 7.47. The van der Waals surface area contributed by atoms with E-state index in [1.807, 2.05) is 0 Å². The van der Waals surface area contributed by atoms with Gasteiger partial charge in [0.2, 0.25) is 0 Å². The largest absolute Gasteiger partial charge is 0.480 e. The van der Waals surface area contributed by atoms with E-state index in [1.165, 1.54) is 83.5 Å². The second kappa shape index (κ2) is 33.9. The molecule has 0 aromatic carbocycles. The molecular formula is C37H70NO9P. The predicted octanol–water partition coefficient (Wildman–Crippen LogP) is 9.58. The van der Waals surface area contributed by atoms with E-state index in [4.69, 9.17) is 24.8 Å². The zero-order valence-corrected chi connectivity index (χ0v) is 31.2. The first kappa shape index (κ1) is 46.5. The van der Waals surface area contributed by atoms with Crippen molar-refractivity contribution in [3.63, 3.8) is 0 Å². The van der Waals surface area contributed by atoms with Crippen molar-refractivity contribution in [2.24, 2.45) is 5.73 Å². The van der Waals surface area contributed by atoms with Gasteiger partial charge in [-0.25, -0.2) is 4.57 Å². The molecule has 0 bridgehead atoms. The highest BCUT2D eigenvalue weighted by Gasteiger charge is 2.27. The molecule has 4 N–H and O–H groups in total. The summed E-state index contributed by atoms with van der Waals surface area (Å²) in [7, 11) is -4.60. The van der Waals surface area contributed by atoms with Crippen LogP contribution in [0.15, 0.2) is 24.3 Å². The molecule has 0 fully saturated rings. The van der Waals surface area contributed by atoms with Gasteiger partial charge < -0.3 is 25.2 Å². The van der Waals surface area contributed by atoms with Crippen LogP contribution in [0.2, 0.25) is 0 Å². The Morgan fingerprint density at radius 2 is 1.15 bits per heavy atom. The first-order chi connectivity index (χ1) is 23.2. The Balaban J connectivity index is 4.27. The van der Waals surface area contributed by atoms with E-state index in [2.05, 4.69) is 42.7 Å². The quantitative estimate of drug-likeness (QED) is 0.0249. The van der Waals surface area contributed by atoms with Crippen molar-refractivity contribution in [2.45, 2.75) is 174 Å². The minimum absolute atomic E-state index is 0.0162. The highest BCUT2D eigenvalue weighted by atomic mass is 31.2. The number of phosphoric acid groups is 1. The van der Waals surface area contributed by atoms with Gasteiger partial charge in [0.1, 0.15) is 12.1 Å². The monoisotopic (exact) mass is 703 g/mol. The molecule has 0 aliphatic carbocycles. The van der Waals surface area contributed by atoms with Gasteiger partial charge in [-0.3, -0.25) is 18.6 Å². The number of esters is 1. The number of ether oxygens (including phenoxy) is 2. The van der Waals surface area contributed by atoms with Crippen molar-refractivity contribution >= 4 is 19.8 Å². The second-order valence-electron chi connectivity index (χ2n) is 12.7. The SMILES string of the molecule is CCCCC/C=C\C/C=C\CCCCCCCCCC(=O)OC(COCCCCCCCCCCC)COP(=O)(O)OCC(N)C(=O)O. The molecule has 0 saturated heterocycles. The fourth-order valence-corrected chi connectivity index (χ4v) is 5.76. The van der Waals surface area contributed by atoms with Gasteiger partial charge in [0.25, 0.3) is 0 Å². The number of aliphatic carboxylic acids is 1. The third-order valence-electron chi connectivity index (χ3n) is 7.98. The number of unbranched alkanes of at least 4 members (excludes halogenated alkanes) is 18. The van der Waals surface area contributed by atoms with Gasteiger partial charge in [0.15, 0.2) is 0 Å². The molecule has 0 radical (unpaired) electrons. The fraction of sp³-hybridized carbons (Fsp3) is 0.838. The third-order valence-corrected chi connectivity index (χ3v) is 8.93. The predicted molar refractivity (Wildman–Crippen MR) is 194 cm³/mol. The Labute approximate surface area is 292 Å². The van der Waals surface area contributed by atoms with Gasteiger partial charge in [-0.1, -0.05) is 134 Å². The van der Waals surface area contributed by atoms with Crippen molar-refractivity contribution in [2.75, 3.05) is 26.4 Å². The number of carboxylic acids is 1. The van der Waals surface area contributed by atoms with Gasteiger partial charge in [-0.05, 0) is 44.9 Å². The molecule has 0 aliphatic heterocycles. The molecule has 282 valence electrons. The Bertz CT molecular complexity index is 868. The van der Waals surface area contributed by atoms with Crippen molar-refractivity contribution in [3.8, 4) is 0 Å². The first-order valence-corrected chi connectivity index (χ1v) is 20.4. The van der Waals surface area contributed by atoms with E-state index in [9.17, 15) is 19.0 Å². The summed E-state index contributed by atoms with van der Waals surface area (Å²) < 4.78 is 33.1. The lowest BCUT2D eigenvalue weighted by molar-refractivity contribution is -0.154. The summed E-state index contributed by atoms with van der Waals surface area (Å²) >= 11 is 0. The van der Waals surface area contributed by atoms with E-state index >= 15 is 0 Å². The van der Waals surface area contributed by atoms with Gasteiger partial charge in [0, 0.05) is 13.0 Å². The molecule has 10 nitrogen and oxygen atoms in total. The van der Waals surface area contributed by atoms with Crippen LogP contribution in [0, 0.1) is 0 Å². The van der Waals surface area contributed by atoms with Crippen molar-refractivity contribution in [1.82, 2.24) is 0 Å². The lowest BCUT2D eigenvalue weighted by Crippen LogP contribution is -2.34. The van der Waals surface area contributed by atoms with Crippen LogP contribution in [0.4, 0.5) is 0 Å². The number of nitrogens with two attached hydrogens (primary N) is 1. The zero-order chi connectivity index (χ0) is 35.6. The second-order valence-corrected chi connectivity index (χ2v) is 14.2. The Morgan fingerprint density at radius 3 is 1.73 bits per heavy atom. The number of hydrogen-bond acceptors (Lipinski definition) is 8. The molecule has 0 heterocycles. The molecular weight excluding hydrogens is 633 g/mol. The number of carbonyl (C=O) groups excluding carboxylic acids is 1. The first-order valence-electron chi connectivity index (χ1n) is 18.9. The molecule has 0 amide bonds. The highest BCUT2D eigenvalue weighted by Crippen LogP contribution is 2.43. The van der Waals surface area contributed by atoms with Crippen molar-refractivity contribution < 1.29 is 42.7 Å². The Hall–Kier alpha value is -1.55. The van der Waals surface area contributed by atoms with Crippen molar-refractivity contribution in [3.05, 3.63) is 24.3 Å². The van der Waals surface area contributed by atoms with Crippen LogP contribution in [0.1, 0.15) is 162 Å². The molecule has 11 heteroatoms. The van der Waals surface area contributed by atoms with E-state index < -0.39 is 45.1 Å². The molecule has 3 atom stereocenters. The van der Waals surface area contributed by atoms with Crippen LogP contribution >= 0.6 is 7.82 Å². The average molecular weight is 704 g/mol.